The second-order valence-electron chi connectivity index (χ2n) is 4.96. The first kappa shape index (κ1) is 16.3. The van der Waals surface area contributed by atoms with Crippen LogP contribution in [0.2, 0.25) is 0 Å². The van der Waals surface area contributed by atoms with Crippen LogP contribution < -0.4 is 5.73 Å². The molecule has 0 aromatic heterocycles. The van der Waals surface area contributed by atoms with E-state index in [2.05, 4.69) is 4.74 Å². The first-order chi connectivity index (χ1) is 9.49. The highest BCUT2D eigenvalue weighted by molar-refractivity contribution is 5.84. The Morgan fingerprint density at radius 3 is 2.65 bits per heavy atom. The molecular formula is C13H23N3O4. The molecule has 0 spiro atoms. The van der Waals surface area contributed by atoms with Crippen LogP contribution >= 0.6 is 0 Å². The molecule has 0 bridgehead atoms. The number of carbonyl (C=O) groups excluding carboxylic acids is 3. The maximum Gasteiger partial charge on any atom is 0.325 e. The third kappa shape index (κ3) is 4.40. The fourth-order valence-corrected chi connectivity index (χ4v) is 2.39. The molecule has 1 fully saturated rings. The number of methoxy groups -OCH3 is 1. The van der Waals surface area contributed by atoms with E-state index in [0.29, 0.717) is 26.1 Å². The van der Waals surface area contributed by atoms with E-state index >= 15 is 0 Å². The third-order valence-electron chi connectivity index (χ3n) is 3.44. The standard InChI is InChI=1S/C13H23N3O4/c1-3-6-15(9-11(17)20-2)12(18)10-5-4-7-16(8-10)13(14)19/h10H,3-9H2,1-2H3,(H2,14,19). The van der Waals surface area contributed by atoms with Gasteiger partial charge in [-0.1, -0.05) is 6.92 Å². The van der Waals surface area contributed by atoms with E-state index in [1.165, 1.54) is 16.9 Å². The molecule has 0 saturated carbocycles. The van der Waals surface area contributed by atoms with Gasteiger partial charge in [-0.05, 0) is 19.3 Å². The second kappa shape index (κ2) is 7.72. The summed E-state index contributed by atoms with van der Waals surface area (Å²) >= 11 is 0. The number of ether oxygens (including phenoxy) is 1. The smallest absolute Gasteiger partial charge is 0.325 e. The van der Waals surface area contributed by atoms with Crippen molar-refractivity contribution < 1.29 is 19.1 Å². The van der Waals surface area contributed by atoms with E-state index in [1.807, 2.05) is 6.92 Å². The molecule has 1 aliphatic heterocycles. The van der Waals surface area contributed by atoms with E-state index in [1.54, 1.807) is 0 Å². The van der Waals surface area contributed by atoms with Gasteiger partial charge in [-0.2, -0.15) is 0 Å². The minimum absolute atomic E-state index is 0.0454. The van der Waals surface area contributed by atoms with Gasteiger partial charge in [0, 0.05) is 19.6 Å². The molecular weight excluding hydrogens is 262 g/mol. The molecule has 3 amide bonds. The van der Waals surface area contributed by atoms with Crippen LogP contribution in [-0.4, -0.2) is 61.0 Å². The lowest BCUT2D eigenvalue weighted by molar-refractivity contribution is -0.149. The zero-order chi connectivity index (χ0) is 15.1. The molecule has 0 aromatic rings. The Labute approximate surface area is 119 Å². The molecule has 7 heteroatoms. The number of likely N-dealkylation sites (tertiary alicyclic amines) is 1. The van der Waals surface area contributed by atoms with Crippen LogP contribution in [0.5, 0.6) is 0 Å². The highest BCUT2D eigenvalue weighted by Crippen LogP contribution is 2.19. The fraction of sp³-hybridized carbons (Fsp3) is 0.769. The quantitative estimate of drug-likeness (QED) is 0.730. The van der Waals surface area contributed by atoms with Gasteiger partial charge in [0.1, 0.15) is 6.54 Å². The molecule has 20 heavy (non-hydrogen) atoms. The van der Waals surface area contributed by atoms with Crippen LogP contribution in [0, 0.1) is 5.92 Å². The number of amides is 3. The predicted octanol–water partition coefficient (Wildman–Crippen LogP) is 0.189. The van der Waals surface area contributed by atoms with Crippen molar-refractivity contribution in [1.82, 2.24) is 9.80 Å². The second-order valence-corrected chi connectivity index (χ2v) is 4.96. The number of piperidine rings is 1. The summed E-state index contributed by atoms with van der Waals surface area (Å²) in [6, 6.07) is -0.502. The van der Waals surface area contributed by atoms with Gasteiger partial charge in [0.2, 0.25) is 5.91 Å². The molecule has 0 aromatic carbocycles. The number of nitrogens with zero attached hydrogens (tertiary/aromatic N) is 2. The van der Waals surface area contributed by atoms with Crippen LogP contribution in [0.15, 0.2) is 0 Å². The van der Waals surface area contributed by atoms with Gasteiger partial charge in [-0.25, -0.2) is 4.79 Å². The molecule has 1 unspecified atom stereocenters. The molecule has 1 saturated heterocycles. The van der Waals surface area contributed by atoms with Crippen LogP contribution in [-0.2, 0) is 14.3 Å². The lowest BCUT2D eigenvalue weighted by Gasteiger charge is -2.33. The Hall–Kier alpha value is -1.79. The van der Waals surface area contributed by atoms with Crippen LogP contribution in [0.4, 0.5) is 4.79 Å². The zero-order valence-electron chi connectivity index (χ0n) is 12.1. The number of primary amides is 1. The summed E-state index contributed by atoms with van der Waals surface area (Å²) < 4.78 is 4.61. The van der Waals surface area contributed by atoms with Gasteiger partial charge in [-0.3, -0.25) is 9.59 Å². The number of carbonyl (C=O) groups is 3. The van der Waals surface area contributed by atoms with Crippen molar-refractivity contribution in [2.45, 2.75) is 26.2 Å². The Kier molecular flexibility index (Phi) is 6.27. The monoisotopic (exact) mass is 285 g/mol. The molecule has 1 heterocycles. The summed E-state index contributed by atoms with van der Waals surface area (Å²) in [6.45, 7) is 3.31. The Morgan fingerprint density at radius 2 is 2.10 bits per heavy atom. The Bertz CT molecular complexity index is 373. The average Bonchev–Trinajstić information content (AvgIpc) is 2.45. The maximum absolute atomic E-state index is 12.4. The van der Waals surface area contributed by atoms with Crippen molar-refractivity contribution in [2.24, 2.45) is 11.7 Å². The van der Waals surface area contributed by atoms with E-state index < -0.39 is 12.0 Å². The number of urea groups is 1. The van der Waals surface area contributed by atoms with Crippen molar-refractivity contribution in [3.8, 4) is 0 Å². The number of hydrogen-bond donors (Lipinski definition) is 1. The SMILES string of the molecule is CCCN(CC(=O)OC)C(=O)C1CCCN(C(N)=O)C1. The first-order valence-electron chi connectivity index (χ1n) is 6.89. The summed E-state index contributed by atoms with van der Waals surface area (Å²) in [6.07, 6.45) is 2.22. The van der Waals surface area contributed by atoms with Crippen molar-refractivity contribution in [3.05, 3.63) is 0 Å². The minimum atomic E-state index is -0.502. The van der Waals surface area contributed by atoms with Gasteiger partial charge < -0.3 is 20.3 Å². The summed E-state index contributed by atoms with van der Waals surface area (Å²) in [7, 11) is 1.30. The number of hydrogen-bond acceptors (Lipinski definition) is 4. The summed E-state index contributed by atoms with van der Waals surface area (Å²) in [4.78, 5) is 38.0. The molecule has 0 radical (unpaired) electrons. The Morgan fingerprint density at radius 1 is 1.40 bits per heavy atom. The third-order valence-corrected chi connectivity index (χ3v) is 3.44. The van der Waals surface area contributed by atoms with Crippen LogP contribution in [0.3, 0.4) is 0 Å². The minimum Gasteiger partial charge on any atom is -0.468 e. The molecule has 1 atom stereocenters. The van der Waals surface area contributed by atoms with Gasteiger partial charge in [0.25, 0.3) is 0 Å². The van der Waals surface area contributed by atoms with E-state index in [9.17, 15) is 14.4 Å². The summed E-state index contributed by atoms with van der Waals surface area (Å²) in [5.74, 6) is -0.829. The predicted molar refractivity (Wildman–Crippen MR) is 72.8 cm³/mol. The largest absolute Gasteiger partial charge is 0.468 e. The average molecular weight is 285 g/mol. The first-order valence-corrected chi connectivity index (χ1v) is 6.89. The van der Waals surface area contributed by atoms with E-state index in [0.717, 1.165) is 12.8 Å². The highest BCUT2D eigenvalue weighted by atomic mass is 16.5. The van der Waals surface area contributed by atoms with Gasteiger partial charge >= 0.3 is 12.0 Å². The lowest BCUT2D eigenvalue weighted by atomic mass is 9.96. The number of rotatable bonds is 5. The van der Waals surface area contributed by atoms with Crippen molar-refractivity contribution in [1.29, 1.82) is 0 Å². The molecule has 114 valence electrons. The lowest BCUT2D eigenvalue weighted by Crippen LogP contribution is -2.49. The van der Waals surface area contributed by atoms with Gasteiger partial charge in [0.05, 0.1) is 13.0 Å². The molecule has 2 N–H and O–H groups in total. The number of nitrogens with two attached hydrogens (primary N) is 1. The molecule has 7 nitrogen and oxygen atoms in total. The molecule has 1 aliphatic rings. The molecule has 0 aliphatic carbocycles. The topological polar surface area (TPSA) is 92.9 Å². The maximum atomic E-state index is 12.4. The molecule has 1 rings (SSSR count). The van der Waals surface area contributed by atoms with Crippen LogP contribution in [0.1, 0.15) is 26.2 Å². The normalized spacial score (nSPS) is 18.5. The van der Waals surface area contributed by atoms with Crippen molar-refractivity contribution in [3.63, 3.8) is 0 Å². The highest BCUT2D eigenvalue weighted by Gasteiger charge is 2.31. The zero-order valence-corrected chi connectivity index (χ0v) is 12.1. The van der Waals surface area contributed by atoms with Gasteiger partial charge in [0.15, 0.2) is 0 Å². The number of esters is 1. The summed E-state index contributed by atoms with van der Waals surface area (Å²) in [5.41, 5.74) is 5.25. The summed E-state index contributed by atoms with van der Waals surface area (Å²) in [5, 5.41) is 0. The van der Waals surface area contributed by atoms with Crippen LogP contribution in [0.25, 0.3) is 0 Å². The van der Waals surface area contributed by atoms with Crippen molar-refractivity contribution >= 4 is 17.9 Å². The van der Waals surface area contributed by atoms with E-state index in [4.69, 9.17) is 5.73 Å². The fourth-order valence-electron chi connectivity index (χ4n) is 2.39. The van der Waals surface area contributed by atoms with E-state index in [-0.39, 0.29) is 18.4 Å². The van der Waals surface area contributed by atoms with Crippen molar-refractivity contribution in [2.75, 3.05) is 33.3 Å². The van der Waals surface area contributed by atoms with Gasteiger partial charge in [-0.15, -0.1) is 0 Å². The Balaban J connectivity index is 2.67.